The molecule has 0 aliphatic heterocycles. The van der Waals surface area contributed by atoms with Crippen LogP contribution in [0.1, 0.15) is 23.6 Å². The molecule has 2 rings (SSSR count). The standard InChI is InChI=1S/C16H21FN4O2/c1-11-4-5-12(6-14(11)17)7-18-15(22)19-10-16(2,23)13-8-20-21(3)9-13/h4-6,8-9,23H,7,10H2,1-3H3,(H2,18,19,22). The summed E-state index contributed by atoms with van der Waals surface area (Å²) in [5.74, 6) is -0.302. The Balaban J connectivity index is 1.84. The van der Waals surface area contributed by atoms with Gasteiger partial charge in [0.05, 0.1) is 12.7 Å². The second kappa shape index (κ2) is 6.78. The molecule has 0 saturated heterocycles. The molecule has 1 aromatic heterocycles. The minimum absolute atomic E-state index is 0.0345. The summed E-state index contributed by atoms with van der Waals surface area (Å²) in [7, 11) is 1.75. The fourth-order valence-corrected chi connectivity index (χ4v) is 2.04. The normalized spacial score (nSPS) is 13.4. The summed E-state index contributed by atoms with van der Waals surface area (Å²) >= 11 is 0. The number of hydrogen-bond donors (Lipinski definition) is 3. The van der Waals surface area contributed by atoms with Crippen molar-refractivity contribution >= 4 is 6.03 Å². The van der Waals surface area contributed by atoms with E-state index < -0.39 is 11.6 Å². The van der Waals surface area contributed by atoms with Crippen LogP contribution in [0.15, 0.2) is 30.6 Å². The number of amides is 2. The Morgan fingerprint density at radius 2 is 2.17 bits per heavy atom. The predicted molar refractivity (Wildman–Crippen MR) is 84.2 cm³/mol. The van der Waals surface area contributed by atoms with Crippen molar-refractivity contribution in [3.05, 3.63) is 53.1 Å². The molecular formula is C16H21FN4O2. The van der Waals surface area contributed by atoms with E-state index in [9.17, 15) is 14.3 Å². The van der Waals surface area contributed by atoms with Gasteiger partial charge in [0, 0.05) is 25.4 Å². The van der Waals surface area contributed by atoms with E-state index in [1.54, 1.807) is 50.1 Å². The van der Waals surface area contributed by atoms with Crippen LogP contribution in [0.4, 0.5) is 9.18 Å². The molecule has 1 aromatic carbocycles. The molecule has 0 radical (unpaired) electrons. The van der Waals surface area contributed by atoms with Crippen LogP contribution >= 0.6 is 0 Å². The molecule has 1 heterocycles. The third kappa shape index (κ3) is 4.53. The number of halogens is 1. The van der Waals surface area contributed by atoms with Crippen molar-refractivity contribution in [1.82, 2.24) is 20.4 Å². The van der Waals surface area contributed by atoms with Crippen LogP contribution in [0.5, 0.6) is 0 Å². The maximum atomic E-state index is 13.4. The van der Waals surface area contributed by atoms with E-state index in [1.807, 2.05) is 0 Å². The van der Waals surface area contributed by atoms with Crippen LogP contribution in [0.2, 0.25) is 0 Å². The van der Waals surface area contributed by atoms with Gasteiger partial charge in [0.25, 0.3) is 0 Å². The third-order valence-corrected chi connectivity index (χ3v) is 3.61. The molecular weight excluding hydrogens is 299 g/mol. The molecule has 2 amide bonds. The molecule has 0 bridgehead atoms. The number of carbonyl (C=O) groups is 1. The summed E-state index contributed by atoms with van der Waals surface area (Å²) in [5.41, 5.74) is 0.621. The van der Waals surface area contributed by atoms with E-state index in [-0.39, 0.29) is 18.9 Å². The lowest BCUT2D eigenvalue weighted by Crippen LogP contribution is -2.43. The highest BCUT2D eigenvalue weighted by Gasteiger charge is 2.25. The minimum atomic E-state index is -1.22. The molecule has 1 unspecified atom stereocenters. The Bertz CT molecular complexity index is 697. The van der Waals surface area contributed by atoms with Gasteiger partial charge in [-0.25, -0.2) is 9.18 Å². The maximum absolute atomic E-state index is 13.4. The van der Waals surface area contributed by atoms with Gasteiger partial charge >= 0.3 is 6.03 Å². The summed E-state index contributed by atoms with van der Waals surface area (Å²) in [4.78, 5) is 11.8. The quantitative estimate of drug-likeness (QED) is 0.782. The zero-order chi connectivity index (χ0) is 17.0. The number of aromatic nitrogens is 2. The monoisotopic (exact) mass is 320 g/mol. The first-order valence-electron chi connectivity index (χ1n) is 7.26. The van der Waals surface area contributed by atoms with Gasteiger partial charge in [0.15, 0.2) is 0 Å². The zero-order valence-corrected chi connectivity index (χ0v) is 13.4. The fraction of sp³-hybridized carbons (Fsp3) is 0.375. The zero-order valence-electron chi connectivity index (χ0n) is 13.4. The van der Waals surface area contributed by atoms with E-state index in [0.29, 0.717) is 16.7 Å². The van der Waals surface area contributed by atoms with Crippen LogP contribution in [0.3, 0.4) is 0 Å². The van der Waals surface area contributed by atoms with Crippen LogP contribution in [-0.2, 0) is 19.2 Å². The van der Waals surface area contributed by atoms with Gasteiger partial charge in [-0.1, -0.05) is 12.1 Å². The van der Waals surface area contributed by atoms with Crippen molar-refractivity contribution in [3.8, 4) is 0 Å². The van der Waals surface area contributed by atoms with Crippen molar-refractivity contribution in [1.29, 1.82) is 0 Å². The van der Waals surface area contributed by atoms with Gasteiger partial charge in [-0.15, -0.1) is 0 Å². The lowest BCUT2D eigenvalue weighted by molar-refractivity contribution is 0.0593. The average Bonchev–Trinajstić information content (AvgIpc) is 2.94. The molecule has 7 heteroatoms. The number of urea groups is 1. The molecule has 0 aliphatic carbocycles. The van der Waals surface area contributed by atoms with E-state index in [4.69, 9.17) is 0 Å². The summed E-state index contributed by atoms with van der Waals surface area (Å²) < 4.78 is 15.0. The number of rotatable bonds is 5. The lowest BCUT2D eigenvalue weighted by atomic mass is 10.00. The smallest absolute Gasteiger partial charge is 0.315 e. The predicted octanol–water partition coefficient (Wildman–Crippen LogP) is 1.57. The Kier molecular flexibility index (Phi) is 5.00. The lowest BCUT2D eigenvalue weighted by Gasteiger charge is -2.22. The van der Waals surface area contributed by atoms with Crippen LogP contribution < -0.4 is 10.6 Å². The Labute approximate surface area is 134 Å². The fourth-order valence-electron chi connectivity index (χ4n) is 2.04. The van der Waals surface area contributed by atoms with Crippen molar-refractivity contribution in [2.75, 3.05) is 6.54 Å². The molecule has 23 heavy (non-hydrogen) atoms. The topological polar surface area (TPSA) is 79.2 Å². The summed E-state index contributed by atoms with van der Waals surface area (Å²) in [6.07, 6.45) is 3.24. The number of carbonyl (C=O) groups excluding carboxylic acids is 1. The van der Waals surface area contributed by atoms with Gasteiger partial charge < -0.3 is 15.7 Å². The number of hydrogen-bond acceptors (Lipinski definition) is 3. The number of benzene rings is 1. The largest absolute Gasteiger partial charge is 0.383 e. The maximum Gasteiger partial charge on any atom is 0.315 e. The number of aryl methyl sites for hydroxylation is 2. The summed E-state index contributed by atoms with van der Waals surface area (Å²) in [5, 5.41) is 19.6. The van der Waals surface area contributed by atoms with Gasteiger partial charge in [-0.05, 0) is 31.0 Å². The SMILES string of the molecule is Cc1ccc(CNC(=O)NCC(C)(O)c2cnn(C)c2)cc1F. The van der Waals surface area contributed by atoms with Crippen molar-refractivity contribution in [3.63, 3.8) is 0 Å². The molecule has 6 nitrogen and oxygen atoms in total. The molecule has 0 spiro atoms. The van der Waals surface area contributed by atoms with Gasteiger partial charge in [0.2, 0.25) is 0 Å². The van der Waals surface area contributed by atoms with Crippen molar-refractivity contribution in [2.45, 2.75) is 26.0 Å². The number of aliphatic hydroxyl groups is 1. The van der Waals surface area contributed by atoms with Crippen molar-refractivity contribution in [2.24, 2.45) is 7.05 Å². The first-order valence-corrected chi connectivity index (χ1v) is 7.26. The second-order valence-electron chi connectivity index (χ2n) is 5.80. The van der Waals surface area contributed by atoms with Crippen LogP contribution in [0.25, 0.3) is 0 Å². The number of nitrogens with zero attached hydrogens (tertiary/aromatic N) is 2. The van der Waals surface area contributed by atoms with Crippen molar-refractivity contribution < 1.29 is 14.3 Å². The van der Waals surface area contributed by atoms with E-state index in [2.05, 4.69) is 15.7 Å². The highest BCUT2D eigenvalue weighted by Crippen LogP contribution is 2.18. The molecule has 1 atom stereocenters. The molecule has 2 aromatic rings. The van der Waals surface area contributed by atoms with E-state index in [1.165, 1.54) is 6.07 Å². The first kappa shape index (κ1) is 17.0. The molecule has 3 N–H and O–H groups in total. The van der Waals surface area contributed by atoms with Crippen LogP contribution in [-0.4, -0.2) is 27.5 Å². The molecule has 0 fully saturated rings. The molecule has 0 saturated carbocycles. The van der Waals surface area contributed by atoms with Gasteiger partial charge in [-0.3, -0.25) is 4.68 Å². The minimum Gasteiger partial charge on any atom is -0.383 e. The van der Waals surface area contributed by atoms with E-state index >= 15 is 0 Å². The Morgan fingerprint density at radius 1 is 1.43 bits per heavy atom. The number of nitrogens with one attached hydrogen (secondary N) is 2. The highest BCUT2D eigenvalue weighted by molar-refractivity contribution is 5.73. The molecule has 0 aliphatic rings. The second-order valence-corrected chi connectivity index (χ2v) is 5.80. The average molecular weight is 320 g/mol. The highest BCUT2D eigenvalue weighted by atomic mass is 19.1. The molecule has 124 valence electrons. The summed E-state index contributed by atoms with van der Waals surface area (Å²) in [6, 6.07) is 4.37. The summed E-state index contributed by atoms with van der Waals surface area (Å²) in [6.45, 7) is 3.52. The van der Waals surface area contributed by atoms with Gasteiger partial charge in [0.1, 0.15) is 11.4 Å². The Morgan fingerprint density at radius 3 is 2.78 bits per heavy atom. The Hall–Kier alpha value is -2.41. The van der Waals surface area contributed by atoms with Gasteiger partial charge in [-0.2, -0.15) is 5.10 Å². The third-order valence-electron chi connectivity index (χ3n) is 3.61. The first-order chi connectivity index (χ1) is 10.8. The van der Waals surface area contributed by atoms with E-state index in [0.717, 1.165) is 0 Å². The van der Waals surface area contributed by atoms with Crippen LogP contribution in [0, 0.1) is 12.7 Å².